The Morgan fingerprint density at radius 2 is 2.43 bits per heavy atom. The van der Waals surface area contributed by atoms with Gasteiger partial charge in [0, 0.05) is 13.3 Å². The van der Waals surface area contributed by atoms with E-state index in [0.29, 0.717) is 12.2 Å². The minimum absolute atomic E-state index is 0.314. The van der Waals surface area contributed by atoms with E-state index in [1.165, 1.54) is 6.92 Å². The number of aryl methyl sites for hydroxylation is 1. The highest BCUT2D eigenvalue weighted by Crippen LogP contribution is 2.23. The lowest BCUT2D eigenvalue weighted by molar-refractivity contribution is -0.147. The summed E-state index contributed by atoms with van der Waals surface area (Å²) in [6.07, 6.45) is 1.91. The van der Waals surface area contributed by atoms with E-state index in [4.69, 9.17) is 9.15 Å². The lowest BCUT2D eigenvalue weighted by atomic mass is 10.2. The Morgan fingerprint density at radius 1 is 1.71 bits per heavy atom. The summed E-state index contributed by atoms with van der Waals surface area (Å²) in [5, 5.41) is 0. The van der Waals surface area contributed by atoms with Crippen LogP contribution in [0.15, 0.2) is 29.2 Å². The first-order chi connectivity index (χ1) is 6.63. The molecule has 0 saturated heterocycles. The summed E-state index contributed by atoms with van der Waals surface area (Å²) in [5.41, 5.74) is 0. The molecule has 0 fully saturated rings. The van der Waals surface area contributed by atoms with Crippen LogP contribution in [0.2, 0.25) is 0 Å². The van der Waals surface area contributed by atoms with E-state index in [9.17, 15) is 4.79 Å². The molecule has 76 valence electrons. The van der Waals surface area contributed by atoms with E-state index in [0.717, 1.165) is 5.76 Å². The molecule has 1 heterocycles. The maximum absolute atomic E-state index is 10.8. The fourth-order valence-electron chi connectivity index (χ4n) is 1.20. The Kier molecular flexibility index (Phi) is 3.51. The average molecular weight is 194 g/mol. The van der Waals surface area contributed by atoms with Crippen LogP contribution in [0.25, 0.3) is 0 Å². The maximum atomic E-state index is 10.8. The van der Waals surface area contributed by atoms with Crippen LogP contribution < -0.4 is 0 Å². The minimum Gasteiger partial charge on any atom is -0.462 e. The van der Waals surface area contributed by atoms with Gasteiger partial charge in [0.15, 0.2) is 6.10 Å². The molecule has 1 aromatic heterocycles. The van der Waals surface area contributed by atoms with Gasteiger partial charge in [0.1, 0.15) is 11.5 Å². The number of hydrogen-bond donors (Lipinski definition) is 0. The molecule has 1 aromatic rings. The molecule has 0 unspecified atom stereocenters. The van der Waals surface area contributed by atoms with Crippen LogP contribution >= 0.6 is 0 Å². The highest BCUT2D eigenvalue weighted by molar-refractivity contribution is 5.66. The van der Waals surface area contributed by atoms with Crippen LogP contribution in [-0.4, -0.2) is 5.97 Å². The summed E-state index contributed by atoms with van der Waals surface area (Å²) < 4.78 is 10.5. The van der Waals surface area contributed by atoms with Gasteiger partial charge in [-0.3, -0.25) is 4.79 Å². The summed E-state index contributed by atoms with van der Waals surface area (Å²) in [4.78, 5) is 10.8. The standard InChI is InChI=1S/C11H14O3/c1-4-5-10(14-9(3)12)11-7-6-8(2)13-11/h4,6-7,10H,1,5H2,2-3H3/t10-/m1/s1. The van der Waals surface area contributed by atoms with Gasteiger partial charge in [-0.05, 0) is 19.1 Å². The molecule has 0 amide bonds. The second-order valence-corrected chi connectivity index (χ2v) is 3.07. The Balaban J connectivity index is 2.76. The molecule has 0 radical (unpaired) electrons. The summed E-state index contributed by atoms with van der Waals surface area (Å²) >= 11 is 0. The minimum atomic E-state index is -0.348. The third-order valence-electron chi connectivity index (χ3n) is 1.77. The van der Waals surface area contributed by atoms with Crippen molar-refractivity contribution in [2.45, 2.75) is 26.4 Å². The van der Waals surface area contributed by atoms with Gasteiger partial charge in [0.25, 0.3) is 0 Å². The monoisotopic (exact) mass is 194 g/mol. The Labute approximate surface area is 83.4 Å². The largest absolute Gasteiger partial charge is 0.462 e. The van der Waals surface area contributed by atoms with Crippen LogP contribution in [0, 0.1) is 6.92 Å². The van der Waals surface area contributed by atoms with Crippen LogP contribution in [0.4, 0.5) is 0 Å². The predicted octanol–water partition coefficient (Wildman–Crippen LogP) is 2.77. The molecule has 0 N–H and O–H groups in total. The van der Waals surface area contributed by atoms with Gasteiger partial charge in [-0.1, -0.05) is 6.08 Å². The van der Waals surface area contributed by atoms with Crippen molar-refractivity contribution in [3.63, 3.8) is 0 Å². The summed E-state index contributed by atoms with van der Waals surface area (Å²) in [7, 11) is 0. The van der Waals surface area contributed by atoms with Crippen LogP contribution in [0.1, 0.15) is 31.0 Å². The zero-order valence-corrected chi connectivity index (χ0v) is 8.45. The van der Waals surface area contributed by atoms with Crippen molar-refractivity contribution in [3.05, 3.63) is 36.3 Å². The summed E-state index contributed by atoms with van der Waals surface area (Å²) in [6, 6.07) is 3.65. The van der Waals surface area contributed by atoms with Gasteiger partial charge in [0.2, 0.25) is 0 Å². The van der Waals surface area contributed by atoms with Crippen molar-refractivity contribution >= 4 is 5.97 Å². The number of carbonyl (C=O) groups is 1. The molecule has 14 heavy (non-hydrogen) atoms. The first-order valence-electron chi connectivity index (χ1n) is 4.48. The average Bonchev–Trinajstić information content (AvgIpc) is 2.50. The third kappa shape index (κ3) is 2.76. The SMILES string of the molecule is C=CC[C@@H](OC(C)=O)c1ccc(C)o1. The molecule has 0 aliphatic carbocycles. The fraction of sp³-hybridized carbons (Fsp3) is 0.364. The zero-order valence-electron chi connectivity index (χ0n) is 8.45. The number of ether oxygens (including phenoxy) is 1. The Hall–Kier alpha value is -1.51. The van der Waals surface area contributed by atoms with Crippen molar-refractivity contribution < 1.29 is 13.9 Å². The highest BCUT2D eigenvalue weighted by Gasteiger charge is 2.16. The summed E-state index contributed by atoms with van der Waals surface area (Å²) in [5.74, 6) is 1.16. The van der Waals surface area contributed by atoms with Crippen molar-refractivity contribution in [1.29, 1.82) is 0 Å². The van der Waals surface area contributed by atoms with Crippen LogP contribution in [0.3, 0.4) is 0 Å². The molecule has 0 spiro atoms. The van der Waals surface area contributed by atoms with E-state index < -0.39 is 0 Å². The van der Waals surface area contributed by atoms with E-state index in [1.54, 1.807) is 6.08 Å². The second-order valence-electron chi connectivity index (χ2n) is 3.07. The first-order valence-corrected chi connectivity index (χ1v) is 4.48. The first kappa shape index (κ1) is 10.6. The lowest BCUT2D eigenvalue weighted by Crippen LogP contribution is -2.06. The Morgan fingerprint density at radius 3 is 2.86 bits per heavy atom. The van der Waals surface area contributed by atoms with Crippen molar-refractivity contribution in [1.82, 2.24) is 0 Å². The number of hydrogen-bond acceptors (Lipinski definition) is 3. The van der Waals surface area contributed by atoms with E-state index >= 15 is 0 Å². The van der Waals surface area contributed by atoms with Gasteiger partial charge < -0.3 is 9.15 Å². The number of furan rings is 1. The molecule has 0 aliphatic heterocycles. The zero-order chi connectivity index (χ0) is 10.6. The molecule has 1 atom stereocenters. The molecule has 0 aliphatic rings. The second kappa shape index (κ2) is 4.65. The number of carbonyl (C=O) groups excluding carboxylic acids is 1. The normalized spacial score (nSPS) is 12.1. The van der Waals surface area contributed by atoms with Gasteiger partial charge in [-0.2, -0.15) is 0 Å². The van der Waals surface area contributed by atoms with Gasteiger partial charge in [-0.25, -0.2) is 0 Å². The molecular formula is C11H14O3. The summed E-state index contributed by atoms with van der Waals surface area (Å²) in [6.45, 7) is 6.84. The van der Waals surface area contributed by atoms with E-state index in [1.807, 2.05) is 19.1 Å². The number of rotatable bonds is 4. The van der Waals surface area contributed by atoms with Gasteiger partial charge >= 0.3 is 5.97 Å². The quantitative estimate of drug-likeness (QED) is 0.546. The molecule has 0 aromatic carbocycles. The topological polar surface area (TPSA) is 39.4 Å². The fourth-order valence-corrected chi connectivity index (χ4v) is 1.20. The smallest absolute Gasteiger partial charge is 0.303 e. The molecule has 0 bridgehead atoms. The van der Waals surface area contributed by atoms with E-state index in [2.05, 4.69) is 6.58 Å². The van der Waals surface area contributed by atoms with Gasteiger partial charge in [0.05, 0.1) is 0 Å². The third-order valence-corrected chi connectivity index (χ3v) is 1.77. The number of esters is 1. The molecule has 0 saturated carbocycles. The Bertz CT molecular complexity index is 325. The molecule has 3 heteroatoms. The maximum Gasteiger partial charge on any atom is 0.303 e. The predicted molar refractivity (Wildman–Crippen MR) is 52.8 cm³/mol. The van der Waals surface area contributed by atoms with Crippen molar-refractivity contribution in [2.75, 3.05) is 0 Å². The van der Waals surface area contributed by atoms with Gasteiger partial charge in [-0.15, -0.1) is 6.58 Å². The highest BCUT2D eigenvalue weighted by atomic mass is 16.5. The molecule has 1 rings (SSSR count). The van der Waals surface area contributed by atoms with Crippen molar-refractivity contribution in [2.24, 2.45) is 0 Å². The van der Waals surface area contributed by atoms with Crippen LogP contribution in [-0.2, 0) is 9.53 Å². The lowest BCUT2D eigenvalue weighted by Gasteiger charge is -2.12. The molecule has 3 nitrogen and oxygen atoms in total. The molecular weight excluding hydrogens is 180 g/mol. The van der Waals surface area contributed by atoms with E-state index in [-0.39, 0.29) is 12.1 Å². The van der Waals surface area contributed by atoms with Crippen LogP contribution in [0.5, 0.6) is 0 Å². The van der Waals surface area contributed by atoms with Crippen molar-refractivity contribution in [3.8, 4) is 0 Å².